The van der Waals surface area contributed by atoms with Crippen LogP contribution in [-0.4, -0.2) is 23.6 Å². The highest BCUT2D eigenvalue weighted by molar-refractivity contribution is 8.03. The summed E-state index contributed by atoms with van der Waals surface area (Å²) in [6.07, 6.45) is 8.70. The van der Waals surface area contributed by atoms with Crippen LogP contribution in [0.4, 0.5) is 0 Å². The van der Waals surface area contributed by atoms with E-state index >= 15 is 0 Å². The average Bonchev–Trinajstić information content (AvgIpc) is 3.02. The number of thioether (sulfide) groups is 1. The molecule has 0 aliphatic carbocycles. The molecule has 0 fully saturated rings. The molecule has 0 saturated heterocycles. The molecular weight excluding hydrogens is 314 g/mol. The highest BCUT2D eigenvalue weighted by Gasteiger charge is 2.09. The van der Waals surface area contributed by atoms with Crippen molar-refractivity contribution >= 4 is 28.3 Å². The molecule has 0 aromatic heterocycles. The number of allylic oxidation sites excluding steroid dienone is 1. The number of hydrogen-bond donors (Lipinski definition) is 0. The molecule has 3 heteroatoms. The maximum atomic E-state index is 12.3. The van der Waals surface area contributed by atoms with E-state index in [0.717, 1.165) is 29.7 Å². The van der Waals surface area contributed by atoms with E-state index in [9.17, 15) is 4.79 Å². The predicted molar refractivity (Wildman–Crippen MR) is 104 cm³/mol. The maximum absolute atomic E-state index is 12.3. The molecule has 0 atom stereocenters. The van der Waals surface area contributed by atoms with E-state index < -0.39 is 0 Å². The Balaban J connectivity index is 1.38. The van der Waals surface area contributed by atoms with Gasteiger partial charge in [-0.15, -0.1) is 11.8 Å². The highest BCUT2D eigenvalue weighted by atomic mass is 32.2. The van der Waals surface area contributed by atoms with Crippen molar-refractivity contribution in [2.24, 2.45) is 0 Å². The number of nitrogens with zero attached hydrogens (tertiary/aromatic N) is 1. The summed E-state index contributed by atoms with van der Waals surface area (Å²) in [5, 5.41) is 2.34. The molecule has 0 unspecified atom stereocenters. The number of unbranched alkanes of at least 4 members (excludes halogenated alkanes) is 3. The fourth-order valence-corrected chi connectivity index (χ4v) is 4.07. The zero-order valence-electron chi connectivity index (χ0n) is 14.3. The number of Topliss-reactive ketones (excluding diaryl/α,β-unsaturated/α-hetero) is 1. The van der Waals surface area contributed by atoms with Crippen molar-refractivity contribution in [2.45, 2.75) is 38.5 Å². The van der Waals surface area contributed by atoms with Crippen molar-refractivity contribution in [1.29, 1.82) is 0 Å². The van der Waals surface area contributed by atoms with Gasteiger partial charge in [0.15, 0.2) is 5.78 Å². The molecule has 1 aliphatic heterocycles. The van der Waals surface area contributed by atoms with Crippen molar-refractivity contribution in [2.75, 3.05) is 12.9 Å². The summed E-state index contributed by atoms with van der Waals surface area (Å²) < 4.78 is 0. The van der Waals surface area contributed by atoms with Gasteiger partial charge in [0.05, 0.1) is 5.88 Å². The molecule has 0 N–H and O–H groups in total. The van der Waals surface area contributed by atoms with Crippen LogP contribution in [0.1, 0.15) is 48.9 Å². The molecule has 0 bridgehead atoms. The van der Waals surface area contributed by atoms with Crippen LogP contribution >= 0.6 is 11.8 Å². The molecule has 0 amide bonds. The molecule has 126 valence electrons. The second-order valence-electron chi connectivity index (χ2n) is 6.53. The first-order valence-electron chi connectivity index (χ1n) is 8.78. The topological polar surface area (TPSA) is 20.3 Å². The molecule has 1 heterocycles. The summed E-state index contributed by atoms with van der Waals surface area (Å²) in [6.45, 7) is 0. The zero-order chi connectivity index (χ0) is 16.8. The van der Waals surface area contributed by atoms with E-state index in [1.54, 1.807) is 0 Å². The van der Waals surface area contributed by atoms with Crippen molar-refractivity contribution in [3.63, 3.8) is 0 Å². The summed E-state index contributed by atoms with van der Waals surface area (Å²) in [7, 11) is 2.12. The first kappa shape index (κ1) is 17.1. The van der Waals surface area contributed by atoms with Crippen LogP contribution in [0.25, 0.3) is 10.8 Å². The molecule has 2 aromatic carbocycles. The number of fused-ring (bicyclic) bond motifs is 1. The summed E-state index contributed by atoms with van der Waals surface area (Å²) in [5.74, 6) is 1.37. The van der Waals surface area contributed by atoms with Crippen LogP contribution in [0.2, 0.25) is 0 Å². The number of carbonyl (C=O) groups excluding carboxylic acids is 1. The largest absolute Gasteiger partial charge is 0.370 e. The molecule has 0 radical (unpaired) electrons. The molecule has 2 aromatic rings. The fourth-order valence-electron chi connectivity index (χ4n) is 3.09. The van der Waals surface area contributed by atoms with E-state index in [1.807, 2.05) is 42.1 Å². The Morgan fingerprint density at radius 3 is 2.62 bits per heavy atom. The average molecular weight is 340 g/mol. The van der Waals surface area contributed by atoms with Crippen molar-refractivity contribution in [3.8, 4) is 0 Å². The number of carbonyl (C=O) groups is 1. The third kappa shape index (κ3) is 4.64. The van der Waals surface area contributed by atoms with Gasteiger partial charge in [0.1, 0.15) is 0 Å². The number of ketones is 1. The van der Waals surface area contributed by atoms with Crippen LogP contribution in [0.3, 0.4) is 0 Å². The van der Waals surface area contributed by atoms with Gasteiger partial charge in [-0.05, 0) is 36.1 Å². The summed E-state index contributed by atoms with van der Waals surface area (Å²) in [4.78, 5) is 16.1. The van der Waals surface area contributed by atoms with E-state index in [4.69, 9.17) is 0 Å². The summed E-state index contributed by atoms with van der Waals surface area (Å²) in [6, 6.07) is 14.2. The Morgan fingerprint density at radius 1 is 1.04 bits per heavy atom. The van der Waals surface area contributed by atoms with E-state index in [1.165, 1.54) is 29.6 Å². The number of hydrogen-bond acceptors (Lipinski definition) is 3. The second-order valence-corrected chi connectivity index (χ2v) is 7.60. The lowest BCUT2D eigenvalue weighted by molar-refractivity contribution is 0.0979. The van der Waals surface area contributed by atoms with Gasteiger partial charge in [-0.1, -0.05) is 49.2 Å². The zero-order valence-corrected chi connectivity index (χ0v) is 15.1. The van der Waals surface area contributed by atoms with Gasteiger partial charge < -0.3 is 4.90 Å². The summed E-state index contributed by atoms with van der Waals surface area (Å²) in [5.41, 5.74) is 0.851. The Labute approximate surface area is 148 Å². The predicted octanol–water partition coefficient (Wildman–Crippen LogP) is 5.84. The van der Waals surface area contributed by atoms with Gasteiger partial charge >= 0.3 is 0 Å². The Morgan fingerprint density at radius 2 is 1.83 bits per heavy atom. The van der Waals surface area contributed by atoms with E-state index in [-0.39, 0.29) is 5.78 Å². The second kappa shape index (κ2) is 8.39. The van der Waals surface area contributed by atoms with Crippen LogP contribution < -0.4 is 0 Å². The molecule has 2 nitrogen and oxygen atoms in total. The van der Waals surface area contributed by atoms with Gasteiger partial charge in [0.25, 0.3) is 0 Å². The van der Waals surface area contributed by atoms with Crippen molar-refractivity contribution < 1.29 is 4.79 Å². The normalized spacial score (nSPS) is 14.2. The van der Waals surface area contributed by atoms with Gasteiger partial charge in [-0.2, -0.15) is 0 Å². The SMILES string of the molecule is CN1C=C(CCCCCCC(=O)c2ccc3ccccc3c2)SC1. The third-order valence-corrected chi connectivity index (χ3v) is 5.68. The Bertz CT molecular complexity index is 737. The van der Waals surface area contributed by atoms with Gasteiger partial charge in [0.2, 0.25) is 0 Å². The molecule has 0 spiro atoms. The highest BCUT2D eigenvalue weighted by Crippen LogP contribution is 2.28. The van der Waals surface area contributed by atoms with Crippen LogP contribution in [-0.2, 0) is 0 Å². The lowest BCUT2D eigenvalue weighted by Gasteiger charge is -2.04. The third-order valence-electron chi connectivity index (χ3n) is 4.47. The smallest absolute Gasteiger partial charge is 0.162 e. The Hall–Kier alpha value is -1.74. The van der Waals surface area contributed by atoms with Gasteiger partial charge in [0, 0.05) is 30.1 Å². The fraction of sp³-hybridized carbons (Fsp3) is 0.381. The minimum atomic E-state index is 0.274. The van der Waals surface area contributed by atoms with Crippen molar-refractivity contribution in [3.05, 3.63) is 59.1 Å². The molecule has 24 heavy (non-hydrogen) atoms. The van der Waals surface area contributed by atoms with Crippen LogP contribution in [0.15, 0.2) is 53.6 Å². The van der Waals surface area contributed by atoms with E-state index in [0.29, 0.717) is 6.42 Å². The van der Waals surface area contributed by atoms with Gasteiger partial charge in [-0.25, -0.2) is 0 Å². The Kier molecular flexibility index (Phi) is 5.97. The minimum Gasteiger partial charge on any atom is -0.370 e. The standard InChI is InChI=1S/C21H25NOS/c1-22-15-20(24-16-22)10-4-2-3-5-11-21(23)19-13-12-17-8-6-7-9-18(17)14-19/h6-9,12-15H,2-5,10-11,16H2,1H3. The summed E-state index contributed by atoms with van der Waals surface area (Å²) >= 11 is 1.95. The molecule has 1 aliphatic rings. The monoisotopic (exact) mass is 339 g/mol. The number of rotatable bonds is 8. The first-order chi connectivity index (χ1) is 11.7. The lowest BCUT2D eigenvalue weighted by Crippen LogP contribution is -2.02. The van der Waals surface area contributed by atoms with Crippen molar-refractivity contribution in [1.82, 2.24) is 4.90 Å². The molecule has 3 rings (SSSR count). The van der Waals surface area contributed by atoms with Crippen LogP contribution in [0, 0.1) is 0 Å². The maximum Gasteiger partial charge on any atom is 0.162 e. The van der Waals surface area contributed by atoms with E-state index in [2.05, 4.69) is 30.3 Å². The molecule has 0 saturated carbocycles. The number of benzene rings is 2. The molecular formula is C21H25NOS. The van der Waals surface area contributed by atoms with Crippen LogP contribution in [0.5, 0.6) is 0 Å². The van der Waals surface area contributed by atoms with Gasteiger partial charge in [-0.3, -0.25) is 4.79 Å². The lowest BCUT2D eigenvalue weighted by atomic mass is 10.0. The minimum absolute atomic E-state index is 0.274. The quantitative estimate of drug-likeness (QED) is 0.445. The first-order valence-corrected chi connectivity index (χ1v) is 9.77.